The Bertz CT molecular complexity index is 3170. The van der Waals surface area contributed by atoms with Gasteiger partial charge in [-0.1, -0.05) is 195 Å². The zero-order valence-corrected chi connectivity index (χ0v) is 37.2. The molecule has 0 fully saturated rings. The lowest BCUT2D eigenvalue weighted by Crippen LogP contribution is -2.20. The Morgan fingerprint density at radius 1 is 0.371 bits per heavy atom. The molecule has 11 rings (SSSR count). The van der Waals surface area contributed by atoms with Crippen LogP contribution in [-0.4, -0.2) is 0 Å². The highest BCUT2D eigenvalue weighted by atomic mass is 15.1. The zero-order chi connectivity index (χ0) is 44.5. The van der Waals surface area contributed by atoms with Crippen molar-refractivity contribution in [3.63, 3.8) is 0 Å². The van der Waals surface area contributed by atoms with Gasteiger partial charge >= 0.3 is 0 Å². The molecule has 0 atom stereocenters. The first-order valence-corrected chi connectivity index (χ1v) is 22.3. The first kappa shape index (κ1) is 36.2. The number of anilines is 3. The van der Waals surface area contributed by atoms with E-state index in [1.807, 2.05) is 12.1 Å². The third kappa shape index (κ3) is 5.74. The fraction of sp³-hybridized carbons (Fsp3) is 0.213. The summed E-state index contributed by atoms with van der Waals surface area (Å²) < 4.78 is 17.0. The quantitative estimate of drug-likeness (QED) is 0.162. The Labute approximate surface area is 371 Å². The molecule has 0 radical (unpaired) electrons. The monoisotopic (exact) mass is 803 g/mol. The van der Waals surface area contributed by atoms with Gasteiger partial charge in [-0.3, -0.25) is 0 Å². The van der Waals surface area contributed by atoms with Crippen LogP contribution in [0.5, 0.6) is 0 Å². The molecule has 8 aromatic rings. The van der Waals surface area contributed by atoms with Crippen LogP contribution in [0.25, 0.3) is 55.6 Å². The van der Waals surface area contributed by atoms with Crippen molar-refractivity contribution < 1.29 is 2.74 Å². The second-order valence-corrected chi connectivity index (χ2v) is 20.3. The van der Waals surface area contributed by atoms with E-state index in [0.29, 0.717) is 0 Å². The largest absolute Gasteiger partial charge is 0.310 e. The molecular weight excluding hydrogens is 747 g/mol. The van der Waals surface area contributed by atoms with E-state index >= 15 is 0 Å². The maximum atomic E-state index is 8.53. The molecule has 0 bridgehead atoms. The Morgan fingerprint density at radius 2 is 0.855 bits per heavy atom. The molecule has 1 nitrogen and oxygen atoms in total. The number of hydrogen-bond donors (Lipinski definition) is 0. The first-order valence-electron chi connectivity index (χ1n) is 23.3. The molecule has 0 saturated carbocycles. The first-order chi connectivity index (χ1) is 30.5. The maximum Gasteiger partial charge on any atom is 0.0623 e. The molecule has 0 unspecified atom stereocenters. The Hall–Kier alpha value is -6.44. The summed E-state index contributed by atoms with van der Waals surface area (Å²) in [7, 11) is 0. The van der Waals surface area contributed by atoms with Crippen molar-refractivity contribution >= 4 is 17.1 Å². The van der Waals surface area contributed by atoms with Gasteiger partial charge in [0.15, 0.2) is 0 Å². The predicted molar refractivity (Wildman–Crippen MR) is 263 cm³/mol. The third-order valence-electron chi connectivity index (χ3n) is 14.7. The topological polar surface area (TPSA) is 3.24 Å². The Morgan fingerprint density at radius 3 is 1.48 bits per heavy atom. The molecule has 1 heteroatoms. The summed E-state index contributed by atoms with van der Waals surface area (Å²) in [5.74, 6) is 0. The van der Waals surface area contributed by atoms with Gasteiger partial charge in [0, 0.05) is 22.2 Å². The number of fused-ring (bicyclic) bond motifs is 7. The molecule has 304 valence electrons. The van der Waals surface area contributed by atoms with Crippen molar-refractivity contribution in [3.05, 3.63) is 209 Å². The highest BCUT2D eigenvalue weighted by Gasteiger charge is 2.46. The van der Waals surface area contributed by atoms with Gasteiger partial charge in [-0.05, 0) is 143 Å². The summed E-state index contributed by atoms with van der Waals surface area (Å²) in [6.45, 7) is 19.0. The fourth-order valence-electron chi connectivity index (χ4n) is 12.0. The van der Waals surface area contributed by atoms with Crippen LogP contribution in [0, 0.1) is 0 Å². The van der Waals surface area contributed by atoms with Crippen molar-refractivity contribution in [2.75, 3.05) is 4.90 Å². The second-order valence-electron chi connectivity index (χ2n) is 20.3. The average molecular weight is 804 g/mol. The van der Waals surface area contributed by atoms with Crippen LogP contribution < -0.4 is 4.90 Å². The summed E-state index contributed by atoms with van der Waals surface area (Å²) in [4.78, 5) is 2.38. The molecule has 0 spiro atoms. The predicted octanol–water partition coefficient (Wildman–Crippen LogP) is 16.7. The second kappa shape index (κ2) is 13.5. The van der Waals surface area contributed by atoms with Crippen molar-refractivity contribution in [2.45, 2.75) is 83.5 Å². The Balaban J connectivity index is 0.959. The minimum atomic E-state index is -0.376. The number of rotatable bonds is 6. The molecule has 8 aromatic carbocycles. The smallest absolute Gasteiger partial charge is 0.0623 e. The zero-order valence-electron chi connectivity index (χ0n) is 39.2. The van der Waals surface area contributed by atoms with Crippen LogP contribution in [-0.2, 0) is 21.7 Å². The maximum absolute atomic E-state index is 8.53. The molecule has 62 heavy (non-hydrogen) atoms. The van der Waals surface area contributed by atoms with Crippen molar-refractivity contribution in [2.24, 2.45) is 0 Å². The molecule has 0 aromatic heterocycles. The van der Waals surface area contributed by atoms with Gasteiger partial charge in [0.2, 0.25) is 0 Å². The molecule has 0 saturated heterocycles. The van der Waals surface area contributed by atoms with E-state index in [0.717, 1.165) is 39.3 Å². The van der Waals surface area contributed by atoms with E-state index < -0.39 is 0 Å². The SMILES string of the molecule is [2H]c1cc2c(cc1[2H])C(C)(C)c1c-2cccc1N(c1ccc(-c2ccccc2)cc1)c1ccc(-c2ccc(-c3cccc4c3C(C)(C)c3cc5c(cc3-4)C(C)(C)CC5(C)C)cc2)cc1. The molecular formula is C61H55N. The van der Waals surface area contributed by atoms with Crippen LogP contribution in [0.4, 0.5) is 17.1 Å². The number of nitrogens with zero attached hydrogens (tertiary/aromatic N) is 1. The van der Waals surface area contributed by atoms with Gasteiger partial charge in [0.1, 0.15) is 0 Å². The number of hydrogen-bond acceptors (Lipinski definition) is 1. The fourth-order valence-corrected chi connectivity index (χ4v) is 12.0. The van der Waals surface area contributed by atoms with Gasteiger partial charge < -0.3 is 4.90 Å². The van der Waals surface area contributed by atoms with Crippen LogP contribution in [0.1, 0.15) is 97.9 Å². The van der Waals surface area contributed by atoms with Gasteiger partial charge in [-0.15, -0.1) is 0 Å². The van der Waals surface area contributed by atoms with Crippen molar-refractivity contribution in [1.82, 2.24) is 0 Å². The van der Waals surface area contributed by atoms with Gasteiger partial charge in [-0.2, -0.15) is 0 Å². The highest BCUT2D eigenvalue weighted by Crippen LogP contribution is 2.58. The number of benzene rings is 8. The van der Waals surface area contributed by atoms with Crippen LogP contribution in [0.3, 0.4) is 0 Å². The summed E-state index contributed by atoms with van der Waals surface area (Å²) in [5, 5.41) is 0. The standard InChI is InChI=1S/C61H55N/c1-58(2)38-59(3,4)54-37-52-50(36-53(54)58)49-20-14-19-46(56(49)61(52,7)8)43-26-24-40(25-27-43)42-30-34-45(35-31-42)62(44-32-28-41(29-33-44)39-16-10-9-11-17-39)55-23-15-21-48-47-18-12-13-22-51(47)60(5,6)57(48)55/h9-37H,38H2,1-8H3/i12D,13D. The third-order valence-corrected chi connectivity index (χ3v) is 14.7. The van der Waals surface area contributed by atoms with Crippen LogP contribution in [0.2, 0.25) is 0 Å². The Kier molecular flexibility index (Phi) is 7.91. The molecule has 3 aliphatic rings. The highest BCUT2D eigenvalue weighted by molar-refractivity contribution is 5.92. The van der Waals surface area contributed by atoms with Crippen LogP contribution >= 0.6 is 0 Å². The van der Waals surface area contributed by atoms with Gasteiger partial charge in [0.05, 0.1) is 8.43 Å². The van der Waals surface area contributed by atoms with Crippen molar-refractivity contribution in [3.8, 4) is 55.6 Å². The van der Waals surface area contributed by atoms with E-state index in [4.69, 9.17) is 2.74 Å². The summed E-state index contributed by atoms with van der Waals surface area (Å²) in [6.07, 6.45) is 1.17. The summed E-state index contributed by atoms with van der Waals surface area (Å²) >= 11 is 0. The summed E-state index contributed by atoms with van der Waals surface area (Å²) in [5.41, 5.74) is 23.5. The van der Waals surface area contributed by atoms with E-state index in [-0.39, 0.29) is 33.7 Å². The lowest BCUT2D eigenvalue weighted by atomic mass is 9.77. The van der Waals surface area contributed by atoms with E-state index in [1.54, 1.807) is 0 Å². The molecule has 0 heterocycles. The molecule has 3 aliphatic carbocycles. The van der Waals surface area contributed by atoms with Gasteiger partial charge in [0.25, 0.3) is 0 Å². The minimum Gasteiger partial charge on any atom is -0.310 e. The van der Waals surface area contributed by atoms with Crippen LogP contribution in [0.15, 0.2) is 176 Å². The van der Waals surface area contributed by atoms with Gasteiger partial charge in [-0.25, -0.2) is 0 Å². The molecule has 0 amide bonds. The van der Waals surface area contributed by atoms with Crippen molar-refractivity contribution in [1.29, 1.82) is 0 Å². The van der Waals surface area contributed by atoms with E-state index in [2.05, 4.69) is 212 Å². The normalized spacial score (nSPS) is 17.0. The molecule has 0 N–H and O–H groups in total. The molecule has 0 aliphatic heterocycles. The average Bonchev–Trinajstić information content (AvgIpc) is 3.74. The lowest BCUT2D eigenvalue weighted by Gasteiger charge is -2.32. The lowest BCUT2D eigenvalue weighted by molar-refractivity contribution is 0.403. The summed E-state index contributed by atoms with van der Waals surface area (Å²) in [6, 6.07) is 60.4. The van der Waals surface area contributed by atoms with E-state index in [1.165, 1.54) is 73.2 Å². The minimum absolute atomic E-state index is 0.118. The van der Waals surface area contributed by atoms with E-state index in [9.17, 15) is 0 Å².